The summed E-state index contributed by atoms with van der Waals surface area (Å²) in [6.45, 7) is 5.45. The predicted molar refractivity (Wildman–Crippen MR) is 124 cm³/mol. The minimum absolute atomic E-state index is 0.0592. The second kappa shape index (κ2) is 8.06. The van der Waals surface area contributed by atoms with Crippen LogP contribution in [0.25, 0.3) is 0 Å². The van der Waals surface area contributed by atoms with E-state index in [9.17, 15) is 9.59 Å². The Balaban J connectivity index is 1.69. The van der Waals surface area contributed by atoms with Crippen molar-refractivity contribution < 1.29 is 0 Å². The van der Waals surface area contributed by atoms with E-state index in [4.69, 9.17) is 23.2 Å². The van der Waals surface area contributed by atoms with Crippen LogP contribution in [-0.2, 0) is 6.54 Å². The Bertz CT molecular complexity index is 1180. The quantitative estimate of drug-likeness (QED) is 0.558. The molecule has 0 fully saturated rings. The summed E-state index contributed by atoms with van der Waals surface area (Å²) in [6.07, 6.45) is 0. The van der Waals surface area contributed by atoms with Gasteiger partial charge in [-0.05, 0) is 61.9 Å². The molecule has 5 nitrogen and oxygen atoms in total. The maximum absolute atomic E-state index is 12.1. The summed E-state index contributed by atoms with van der Waals surface area (Å²) in [5, 5.41) is 7.48. The first kappa shape index (κ1) is 20.9. The number of anilines is 3. The van der Waals surface area contributed by atoms with E-state index in [-0.39, 0.29) is 12.0 Å². The first-order valence-corrected chi connectivity index (χ1v) is 10.6. The third-order valence-electron chi connectivity index (χ3n) is 5.39. The fourth-order valence-electron chi connectivity index (χ4n) is 4.05. The predicted octanol–water partition coefficient (Wildman–Crippen LogP) is 4.73. The molecule has 0 saturated carbocycles. The van der Waals surface area contributed by atoms with E-state index < -0.39 is 10.9 Å². The lowest BCUT2D eigenvalue weighted by Crippen LogP contribution is -2.38. The number of halogens is 2. The lowest BCUT2D eigenvalue weighted by Gasteiger charge is -2.33. The molecule has 156 valence electrons. The van der Waals surface area contributed by atoms with Crippen molar-refractivity contribution in [2.24, 2.45) is 0 Å². The highest BCUT2D eigenvalue weighted by molar-refractivity contribution is 6.35. The Morgan fingerprint density at radius 2 is 1.80 bits per heavy atom. The van der Waals surface area contributed by atoms with Gasteiger partial charge in [-0.1, -0.05) is 35.3 Å². The average Bonchev–Trinajstić information content (AvgIpc) is 2.70. The fourth-order valence-corrected chi connectivity index (χ4v) is 4.61. The molecule has 0 unspecified atom stereocenters. The van der Waals surface area contributed by atoms with Crippen LogP contribution in [0.15, 0.2) is 46.0 Å². The maximum Gasteiger partial charge on any atom is 0.253 e. The van der Waals surface area contributed by atoms with E-state index >= 15 is 0 Å². The van der Waals surface area contributed by atoms with Crippen molar-refractivity contribution in [1.29, 1.82) is 0 Å². The molecule has 4 rings (SSSR count). The molecule has 7 heteroatoms. The summed E-state index contributed by atoms with van der Waals surface area (Å²) in [4.78, 5) is 26.2. The van der Waals surface area contributed by atoms with E-state index in [1.54, 1.807) is 6.07 Å². The zero-order valence-corrected chi connectivity index (χ0v) is 18.6. The highest BCUT2D eigenvalue weighted by atomic mass is 35.5. The number of hydrogen-bond donors (Lipinski definition) is 2. The van der Waals surface area contributed by atoms with Crippen molar-refractivity contribution in [3.8, 4) is 0 Å². The first-order chi connectivity index (χ1) is 14.2. The van der Waals surface area contributed by atoms with E-state index in [1.807, 2.05) is 38.1 Å². The SMILES string of the molecule is CC(C)Nc1c(Nc2cccc([C@@H]3CN(C)Cc4c(Cl)cc(Cl)cc43)c2)c(=O)c1=O. The summed E-state index contributed by atoms with van der Waals surface area (Å²) >= 11 is 12.8. The summed E-state index contributed by atoms with van der Waals surface area (Å²) < 4.78 is 0. The van der Waals surface area contributed by atoms with Crippen LogP contribution in [0.1, 0.15) is 36.5 Å². The third-order valence-corrected chi connectivity index (χ3v) is 5.95. The molecule has 1 aliphatic rings. The van der Waals surface area contributed by atoms with Gasteiger partial charge in [0.05, 0.1) is 0 Å². The average molecular weight is 444 g/mol. The highest BCUT2D eigenvalue weighted by Crippen LogP contribution is 2.39. The standard InChI is InChI=1S/C23H23Cl2N3O2/c1-12(2)26-20-21(23(30)22(20)29)27-15-6-4-5-13(7-15)17-10-28(3)11-18-16(17)8-14(24)9-19(18)25/h4-9,12,17,26-27H,10-11H2,1-3H3/t17-/m0/s1. The van der Waals surface area contributed by atoms with Gasteiger partial charge in [0.1, 0.15) is 11.4 Å². The Morgan fingerprint density at radius 1 is 1.07 bits per heavy atom. The van der Waals surface area contributed by atoms with E-state index in [0.29, 0.717) is 21.4 Å². The molecule has 0 radical (unpaired) electrons. The van der Waals surface area contributed by atoms with Gasteiger partial charge in [0.15, 0.2) is 0 Å². The van der Waals surface area contributed by atoms with Gasteiger partial charge in [0.2, 0.25) is 0 Å². The van der Waals surface area contributed by atoms with Crippen LogP contribution < -0.4 is 21.5 Å². The van der Waals surface area contributed by atoms with Crippen LogP contribution in [0.3, 0.4) is 0 Å². The normalized spacial score (nSPS) is 16.7. The molecule has 3 aromatic rings. The second-order valence-corrected chi connectivity index (χ2v) is 9.01. The van der Waals surface area contributed by atoms with Gasteiger partial charge < -0.3 is 15.5 Å². The van der Waals surface area contributed by atoms with Gasteiger partial charge in [0.25, 0.3) is 10.9 Å². The molecule has 1 heterocycles. The molecule has 2 N–H and O–H groups in total. The zero-order valence-electron chi connectivity index (χ0n) is 17.1. The smallest absolute Gasteiger partial charge is 0.253 e. The number of nitrogens with one attached hydrogen (secondary N) is 2. The fraction of sp³-hybridized carbons (Fsp3) is 0.304. The summed E-state index contributed by atoms with van der Waals surface area (Å²) in [6, 6.07) is 11.7. The molecular formula is C23H23Cl2N3O2. The molecule has 0 aromatic heterocycles. The third kappa shape index (κ3) is 3.85. The van der Waals surface area contributed by atoms with Gasteiger partial charge in [-0.25, -0.2) is 0 Å². The molecule has 1 atom stereocenters. The van der Waals surface area contributed by atoms with Crippen LogP contribution in [-0.4, -0.2) is 24.5 Å². The van der Waals surface area contributed by atoms with Crippen molar-refractivity contribution >= 4 is 40.3 Å². The van der Waals surface area contributed by atoms with Crippen LogP contribution in [0, 0.1) is 0 Å². The summed E-state index contributed by atoms with van der Waals surface area (Å²) in [7, 11) is 2.07. The van der Waals surface area contributed by atoms with E-state index in [1.165, 1.54) is 0 Å². The highest BCUT2D eigenvalue weighted by Gasteiger charge is 2.27. The number of benzene rings is 2. The monoisotopic (exact) mass is 443 g/mol. The minimum atomic E-state index is -0.495. The van der Waals surface area contributed by atoms with E-state index in [2.05, 4.69) is 28.6 Å². The maximum atomic E-state index is 12.1. The number of rotatable bonds is 5. The van der Waals surface area contributed by atoms with Gasteiger partial charge in [0, 0.05) is 40.8 Å². The lowest BCUT2D eigenvalue weighted by atomic mass is 9.84. The van der Waals surface area contributed by atoms with Crippen molar-refractivity contribution in [3.05, 3.63) is 83.6 Å². The lowest BCUT2D eigenvalue weighted by molar-refractivity contribution is 0.295. The van der Waals surface area contributed by atoms with E-state index in [0.717, 1.165) is 35.5 Å². The molecule has 0 aliphatic carbocycles. The molecular weight excluding hydrogens is 421 g/mol. The van der Waals surface area contributed by atoms with Gasteiger partial charge >= 0.3 is 0 Å². The summed E-state index contributed by atoms with van der Waals surface area (Å²) in [5.41, 5.74) is 3.75. The molecule has 0 saturated heterocycles. The Labute approximate surface area is 185 Å². The first-order valence-electron chi connectivity index (χ1n) is 9.87. The number of nitrogens with zero attached hydrogens (tertiary/aromatic N) is 1. The number of fused-ring (bicyclic) bond motifs is 1. The second-order valence-electron chi connectivity index (χ2n) is 8.16. The topological polar surface area (TPSA) is 61.4 Å². The zero-order chi connectivity index (χ0) is 21.6. The van der Waals surface area contributed by atoms with Crippen molar-refractivity contribution in [1.82, 2.24) is 4.90 Å². The Hall–Kier alpha value is -2.34. The van der Waals surface area contributed by atoms with Crippen molar-refractivity contribution in [2.75, 3.05) is 24.2 Å². The number of hydrogen-bond acceptors (Lipinski definition) is 5. The molecule has 3 aromatic carbocycles. The van der Waals surface area contributed by atoms with Gasteiger partial charge in [-0.3, -0.25) is 9.59 Å². The van der Waals surface area contributed by atoms with Crippen molar-refractivity contribution in [3.63, 3.8) is 0 Å². The molecule has 0 spiro atoms. The molecule has 0 bridgehead atoms. The minimum Gasteiger partial charge on any atom is -0.378 e. The van der Waals surface area contributed by atoms with Gasteiger partial charge in [-0.15, -0.1) is 0 Å². The largest absolute Gasteiger partial charge is 0.378 e. The summed E-state index contributed by atoms with van der Waals surface area (Å²) in [5.74, 6) is 0.0951. The van der Waals surface area contributed by atoms with Gasteiger partial charge in [-0.2, -0.15) is 0 Å². The molecule has 30 heavy (non-hydrogen) atoms. The van der Waals surface area contributed by atoms with Crippen LogP contribution in [0.5, 0.6) is 0 Å². The number of likely N-dealkylation sites (N-methyl/N-ethyl adjacent to an activating group) is 1. The molecule has 1 aliphatic heterocycles. The molecule has 0 amide bonds. The Morgan fingerprint density at radius 3 is 2.53 bits per heavy atom. The van der Waals surface area contributed by atoms with Crippen LogP contribution in [0.4, 0.5) is 17.1 Å². The van der Waals surface area contributed by atoms with Crippen molar-refractivity contribution in [2.45, 2.75) is 32.4 Å². The van der Waals surface area contributed by atoms with Crippen LogP contribution in [0.2, 0.25) is 10.0 Å². The Kier molecular flexibility index (Phi) is 5.62. The van der Waals surface area contributed by atoms with Crippen LogP contribution >= 0.6 is 23.2 Å².